The third kappa shape index (κ3) is 5.52. The van der Waals surface area contributed by atoms with Gasteiger partial charge in [0.25, 0.3) is 0 Å². The van der Waals surface area contributed by atoms with Crippen molar-refractivity contribution in [2.75, 3.05) is 13.2 Å². The molecule has 0 saturated heterocycles. The number of nitrogens with two attached hydrogens (primary N) is 1. The molecule has 0 bridgehead atoms. The molecule has 0 spiro atoms. The van der Waals surface area contributed by atoms with E-state index in [-0.39, 0.29) is 6.61 Å². The zero-order valence-corrected chi connectivity index (χ0v) is 8.34. The molecule has 0 amide bonds. The van der Waals surface area contributed by atoms with E-state index in [2.05, 4.69) is 6.92 Å². The van der Waals surface area contributed by atoms with E-state index in [9.17, 15) is 0 Å². The smallest absolute Gasteiger partial charge is 0.0609 e. The lowest BCUT2D eigenvalue weighted by Crippen LogP contribution is -2.41. The van der Waals surface area contributed by atoms with Crippen molar-refractivity contribution in [2.24, 2.45) is 5.73 Å². The van der Waals surface area contributed by atoms with Crippen molar-refractivity contribution < 1.29 is 9.84 Å². The standard InChI is InChI=1S/C9H21NO2/c1-4-8(2)12-6-5-9(3,10)7-11/h8,11H,4-7,10H2,1-3H3. The molecule has 12 heavy (non-hydrogen) atoms. The molecule has 3 N–H and O–H groups in total. The van der Waals surface area contributed by atoms with Gasteiger partial charge in [-0.15, -0.1) is 0 Å². The van der Waals surface area contributed by atoms with E-state index in [0.717, 1.165) is 6.42 Å². The highest BCUT2D eigenvalue weighted by atomic mass is 16.5. The Balaban J connectivity index is 3.42. The van der Waals surface area contributed by atoms with Crippen molar-refractivity contribution in [3.05, 3.63) is 0 Å². The van der Waals surface area contributed by atoms with Crippen LogP contribution in [0, 0.1) is 0 Å². The Morgan fingerprint density at radius 1 is 1.58 bits per heavy atom. The number of aliphatic hydroxyl groups is 1. The Kier molecular flexibility index (Phi) is 5.46. The van der Waals surface area contributed by atoms with E-state index in [1.807, 2.05) is 13.8 Å². The van der Waals surface area contributed by atoms with Gasteiger partial charge in [-0.2, -0.15) is 0 Å². The fourth-order valence-electron chi connectivity index (χ4n) is 0.690. The molecule has 0 aromatic heterocycles. The van der Waals surface area contributed by atoms with Crippen LogP contribution < -0.4 is 5.73 Å². The Labute approximate surface area is 74.9 Å². The molecule has 0 aromatic carbocycles. The second kappa shape index (κ2) is 5.51. The minimum Gasteiger partial charge on any atom is -0.394 e. The first-order chi connectivity index (χ1) is 5.52. The Morgan fingerprint density at radius 2 is 2.17 bits per heavy atom. The van der Waals surface area contributed by atoms with Gasteiger partial charge in [0.2, 0.25) is 0 Å². The van der Waals surface area contributed by atoms with Crippen LogP contribution in [0.5, 0.6) is 0 Å². The van der Waals surface area contributed by atoms with Crippen molar-refractivity contribution in [1.29, 1.82) is 0 Å². The summed E-state index contributed by atoms with van der Waals surface area (Å²) in [7, 11) is 0. The van der Waals surface area contributed by atoms with Crippen LogP contribution in [-0.2, 0) is 4.74 Å². The lowest BCUT2D eigenvalue weighted by molar-refractivity contribution is 0.0454. The average Bonchev–Trinajstić information content (AvgIpc) is 2.04. The molecule has 0 aliphatic rings. The van der Waals surface area contributed by atoms with Gasteiger partial charge >= 0.3 is 0 Å². The lowest BCUT2D eigenvalue weighted by atomic mass is 10.0. The van der Waals surface area contributed by atoms with Crippen LogP contribution in [0.3, 0.4) is 0 Å². The maximum Gasteiger partial charge on any atom is 0.0609 e. The monoisotopic (exact) mass is 175 g/mol. The zero-order chi connectivity index (χ0) is 9.61. The summed E-state index contributed by atoms with van der Waals surface area (Å²) in [4.78, 5) is 0. The number of hydrogen-bond donors (Lipinski definition) is 2. The van der Waals surface area contributed by atoms with Crippen molar-refractivity contribution in [2.45, 2.75) is 45.3 Å². The predicted octanol–water partition coefficient (Wildman–Crippen LogP) is 0.901. The van der Waals surface area contributed by atoms with Crippen LogP contribution in [0.1, 0.15) is 33.6 Å². The first-order valence-corrected chi connectivity index (χ1v) is 4.53. The summed E-state index contributed by atoms with van der Waals surface area (Å²) in [5.41, 5.74) is 5.22. The van der Waals surface area contributed by atoms with Crippen molar-refractivity contribution in [3.63, 3.8) is 0 Å². The van der Waals surface area contributed by atoms with Gasteiger partial charge in [0.15, 0.2) is 0 Å². The molecule has 74 valence electrons. The third-order valence-corrected chi connectivity index (χ3v) is 2.01. The second-order valence-corrected chi connectivity index (χ2v) is 3.65. The fourth-order valence-corrected chi connectivity index (χ4v) is 0.690. The van der Waals surface area contributed by atoms with Gasteiger partial charge < -0.3 is 15.6 Å². The Bertz CT molecular complexity index is 115. The van der Waals surface area contributed by atoms with Crippen LogP contribution in [0.15, 0.2) is 0 Å². The van der Waals surface area contributed by atoms with Crippen LogP contribution in [0.25, 0.3) is 0 Å². The summed E-state index contributed by atoms with van der Waals surface area (Å²) >= 11 is 0. The van der Waals surface area contributed by atoms with Gasteiger partial charge in [-0.3, -0.25) is 0 Å². The molecule has 2 unspecified atom stereocenters. The van der Waals surface area contributed by atoms with Crippen molar-refractivity contribution >= 4 is 0 Å². The minimum atomic E-state index is -0.493. The average molecular weight is 175 g/mol. The maximum atomic E-state index is 8.84. The third-order valence-electron chi connectivity index (χ3n) is 2.01. The number of hydrogen-bond acceptors (Lipinski definition) is 3. The van der Waals surface area contributed by atoms with E-state index >= 15 is 0 Å². The van der Waals surface area contributed by atoms with Gasteiger partial charge in [0.1, 0.15) is 0 Å². The van der Waals surface area contributed by atoms with Crippen molar-refractivity contribution in [3.8, 4) is 0 Å². The molecule has 3 nitrogen and oxygen atoms in total. The molecule has 0 heterocycles. The van der Waals surface area contributed by atoms with Crippen LogP contribution in [0.2, 0.25) is 0 Å². The molecule has 0 aliphatic carbocycles. The Hall–Kier alpha value is -0.120. The first-order valence-electron chi connectivity index (χ1n) is 4.53. The van der Waals surface area contributed by atoms with Gasteiger partial charge in [-0.05, 0) is 26.7 Å². The molecular formula is C9H21NO2. The lowest BCUT2D eigenvalue weighted by Gasteiger charge is -2.22. The molecule has 3 heteroatoms. The molecule has 0 aromatic rings. The topological polar surface area (TPSA) is 55.5 Å². The van der Waals surface area contributed by atoms with Gasteiger partial charge in [-0.1, -0.05) is 6.92 Å². The molecule has 0 saturated carbocycles. The number of aliphatic hydroxyl groups excluding tert-OH is 1. The van der Waals surface area contributed by atoms with E-state index in [1.54, 1.807) is 0 Å². The largest absolute Gasteiger partial charge is 0.394 e. The SMILES string of the molecule is CCC(C)OCCC(C)(N)CO. The summed E-state index contributed by atoms with van der Waals surface area (Å²) in [6, 6.07) is 0. The van der Waals surface area contributed by atoms with Crippen LogP contribution in [-0.4, -0.2) is 30.0 Å². The summed E-state index contributed by atoms with van der Waals surface area (Å²) in [6.45, 7) is 6.58. The van der Waals surface area contributed by atoms with Crippen molar-refractivity contribution in [1.82, 2.24) is 0 Å². The summed E-state index contributed by atoms with van der Waals surface area (Å²) in [6.07, 6.45) is 2.01. The summed E-state index contributed by atoms with van der Waals surface area (Å²) < 4.78 is 5.44. The highest BCUT2D eigenvalue weighted by Crippen LogP contribution is 2.06. The fraction of sp³-hybridized carbons (Fsp3) is 1.00. The molecule has 0 radical (unpaired) electrons. The molecular weight excluding hydrogens is 154 g/mol. The van der Waals surface area contributed by atoms with Gasteiger partial charge in [0, 0.05) is 12.1 Å². The van der Waals surface area contributed by atoms with E-state index in [4.69, 9.17) is 15.6 Å². The first kappa shape index (κ1) is 11.9. The van der Waals surface area contributed by atoms with E-state index in [0.29, 0.717) is 19.1 Å². The quantitative estimate of drug-likeness (QED) is 0.630. The predicted molar refractivity (Wildman–Crippen MR) is 50.0 cm³/mol. The highest BCUT2D eigenvalue weighted by molar-refractivity contribution is 4.76. The van der Waals surface area contributed by atoms with E-state index in [1.165, 1.54) is 0 Å². The molecule has 0 rings (SSSR count). The Morgan fingerprint density at radius 3 is 2.58 bits per heavy atom. The van der Waals surface area contributed by atoms with Gasteiger partial charge in [0.05, 0.1) is 12.7 Å². The molecule has 0 fully saturated rings. The summed E-state index contributed by atoms with van der Waals surface area (Å²) in [5.74, 6) is 0. The highest BCUT2D eigenvalue weighted by Gasteiger charge is 2.16. The normalized spacial score (nSPS) is 18.8. The molecule has 2 atom stereocenters. The zero-order valence-electron chi connectivity index (χ0n) is 8.34. The number of ether oxygens (including phenoxy) is 1. The van der Waals surface area contributed by atoms with E-state index < -0.39 is 5.54 Å². The van der Waals surface area contributed by atoms with Gasteiger partial charge in [-0.25, -0.2) is 0 Å². The van der Waals surface area contributed by atoms with Crippen LogP contribution in [0.4, 0.5) is 0 Å². The molecule has 0 aliphatic heterocycles. The number of rotatable bonds is 6. The maximum absolute atomic E-state index is 8.84. The summed E-state index contributed by atoms with van der Waals surface area (Å²) in [5, 5.41) is 8.84. The second-order valence-electron chi connectivity index (χ2n) is 3.65. The minimum absolute atomic E-state index is 0.0108. The van der Waals surface area contributed by atoms with Crippen LogP contribution >= 0.6 is 0 Å².